The minimum Gasteiger partial charge on any atom is -0.481 e. The Balaban J connectivity index is 2.36. The summed E-state index contributed by atoms with van der Waals surface area (Å²) in [6, 6.07) is 2.47. The molecule has 0 saturated heterocycles. The van der Waals surface area contributed by atoms with Gasteiger partial charge in [-0.3, -0.25) is 9.18 Å². The van der Waals surface area contributed by atoms with Crippen molar-refractivity contribution in [2.24, 2.45) is 0 Å². The van der Waals surface area contributed by atoms with E-state index >= 15 is 0 Å². The summed E-state index contributed by atoms with van der Waals surface area (Å²) in [6.45, 7) is -0.448. The molecular weight excluding hydrogens is 230 g/mol. The van der Waals surface area contributed by atoms with E-state index in [-0.39, 0.29) is 36.9 Å². The molecule has 0 atom stereocenters. The Morgan fingerprint density at radius 3 is 2.94 bits per heavy atom. The van der Waals surface area contributed by atoms with Gasteiger partial charge in [0.2, 0.25) is 0 Å². The second kappa shape index (κ2) is 4.57. The van der Waals surface area contributed by atoms with Crippen molar-refractivity contribution in [3.05, 3.63) is 17.9 Å². The fourth-order valence-electron chi connectivity index (χ4n) is 1.70. The fraction of sp³-hybridized carbons (Fsp3) is 0.364. The third-order valence-corrected chi connectivity index (χ3v) is 2.54. The molecule has 4 nitrogen and oxygen atoms in total. The van der Waals surface area contributed by atoms with Gasteiger partial charge in [-0.05, 0) is 12.5 Å². The van der Waals surface area contributed by atoms with Crippen molar-refractivity contribution < 1.29 is 18.3 Å². The third kappa shape index (κ3) is 2.15. The molecule has 0 unspecified atom stereocenters. The highest BCUT2D eigenvalue weighted by Crippen LogP contribution is 2.35. The largest absolute Gasteiger partial charge is 0.481 e. The predicted octanol–water partition coefficient (Wildman–Crippen LogP) is 1.49. The summed E-state index contributed by atoms with van der Waals surface area (Å²) in [4.78, 5) is 13.0. The summed E-state index contributed by atoms with van der Waals surface area (Å²) in [5.41, 5.74) is 5.77. The van der Waals surface area contributed by atoms with Crippen LogP contribution >= 0.6 is 0 Å². The number of fused-ring (bicyclic) bond motifs is 1. The standard InChI is InChI=1S/C11H12F2N2O2/c12-2-1-3-15-9-5-8(14)7(13)4-10(9)17-6-11(15)16/h4-5H,1-3,6,14H2. The van der Waals surface area contributed by atoms with Crippen LogP contribution in [-0.4, -0.2) is 25.7 Å². The number of halogens is 2. The van der Waals surface area contributed by atoms with Gasteiger partial charge < -0.3 is 15.4 Å². The minimum absolute atomic E-state index is 0.0627. The molecule has 2 N–H and O–H groups in total. The van der Waals surface area contributed by atoms with E-state index in [1.54, 1.807) is 0 Å². The van der Waals surface area contributed by atoms with Crippen molar-refractivity contribution in [1.82, 2.24) is 0 Å². The van der Waals surface area contributed by atoms with Gasteiger partial charge in [0.25, 0.3) is 5.91 Å². The molecule has 92 valence electrons. The molecular formula is C11H12F2N2O2. The van der Waals surface area contributed by atoms with E-state index < -0.39 is 12.5 Å². The average Bonchev–Trinajstić information content (AvgIpc) is 2.30. The number of nitrogens with two attached hydrogens (primary N) is 1. The van der Waals surface area contributed by atoms with E-state index in [4.69, 9.17) is 10.5 Å². The zero-order valence-corrected chi connectivity index (χ0v) is 9.08. The molecule has 0 fully saturated rings. The summed E-state index contributed by atoms with van der Waals surface area (Å²) in [5, 5.41) is 0. The lowest BCUT2D eigenvalue weighted by molar-refractivity contribution is -0.121. The Bertz CT molecular complexity index is 451. The van der Waals surface area contributed by atoms with E-state index in [0.29, 0.717) is 5.69 Å². The number of anilines is 2. The number of ether oxygens (including phenoxy) is 1. The first-order chi connectivity index (χ1) is 8.13. The molecule has 0 aliphatic carbocycles. The van der Waals surface area contributed by atoms with E-state index in [9.17, 15) is 13.6 Å². The zero-order valence-electron chi connectivity index (χ0n) is 9.08. The van der Waals surface area contributed by atoms with Crippen LogP contribution < -0.4 is 15.4 Å². The molecule has 1 aliphatic rings. The van der Waals surface area contributed by atoms with Crippen LogP contribution in [0.3, 0.4) is 0 Å². The molecule has 0 bridgehead atoms. The van der Waals surface area contributed by atoms with E-state index in [2.05, 4.69) is 0 Å². The van der Waals surface area contributed by atoms with Crippen molar-refractivity contribution in [3.63, 3.8) is 0 Å². The van der Waals surface area contributed by atoms with Gasteiger partial charge in [0.05, 0.1) is 18.0 Å². The van der Waals surface area contributed by atoms with Crippen molar-refractivity contribution in [2.75, 3.05) is 30.5 Å². The van der Waals surface area contributed by atoms with Gasteiger partial charge in [-0.1, -0.05) is 0 Å². The molecule has 1 heterocycles. The Kier molecular flexibility index (Phi) is 3.12. The van der Waals surface area contributed by atoms with Gasteiger partial charge in [0.15, 0.2) is 6.61 Å². The quantitative estimate of drug-likeness (QED) is 0.817. The van der Waals surface area contributed by atoms with Gasteiger partial charge in [-0.15, -0.1) is 0 Å². The van der Waals surface area contributed by atoms with E-state index in [1.165, 1.54) is 11.0 Å². The number of carbonyl (C=O) groups excluding carboxylic acids is 1. The van der Waals surface area contributed by atoms with Gasteiger partial charge in [0, 0.05) is 12.6 Å². The molecule has 0 spiro atoms. The van der Waals surface area contributed by atoms with Gasteiger partial charge in [-0.25, -0.2) is 4.39 Å². The number of benzene rings is 1. The normalized spacial score (nSPS) is 14.5. The maximum Gasteiger partial charge on any atom is 0.265 e. The van der Waals surface area contributed by atoms with Crippen molar-refractivity contribution in [2.45, 2.75) is 6.42 Å². The number of alkyl halides is 1. The molecule has 0 saturated carbocycles. The van der Waals surface area contributed by atoms with E-state index in [1.807, 2.05) is 0 Å². The lowest BCUT2D eigenvalue weighted by Crippen LogP contribution is -2.39. The molecule has 1 aliphatic heterocycles. The fourth-order valence-corrected chi connectivity index (χ4v) is 1.70. The van der Waals surface area contributed by atoms with Crippen LogP contribution in [-0.2, 0) is 4.79 Å². The highest BCUT2D eigenvalue weighted by atomic mass is 19.1. The maximum absolute atomic E-state index is 13.2. The van der Waals surface area contributed by atoms with Gasteiger partial charge in [-0.2, -0.15) is 0 Å². The Morgan fingerprint density at radius 2 is 2.24 bits per heavy atom. The number of hydrogen-bond acceptors (Lipinski definition) is 3. The Morgan fingerprint density at radius 1 is 1.47 bits per heavy atom. The third-order valence-electron chi connectivity index (χ3n) is 2.54. The van der Waals surface area contributed by atoms with Crippen LogP contribution in [0.1, 0.15) is 6.42 Å². The number of rotatable bonds is 3. The number of amides is 1. The molecule has 2 rings (SSSR count). The first kappa shape index (κ1) is 11.6. The van der Waals surface area contributed by atoms with Crippen molar-refractivity contribution >= 4 is 17.3 Å². The minimum atomic E-state index is -0.594. The molecule has 1 aromatic carbocycles. The lowest BCUT2D eigenvalue weighted by Gasteiger charge is -2.29. The summed E-state index contributed by atoms with van der Waals surface area (Å²) in [6.07, 6.45) is 0.225. The smallest absolute Gasteiger partial charge is 0.265 e. The van der Waals surface area contributed by atoms with Crippen LogP contribution in [0.4, 0.5) is 20.2 Å². The molecule has 0 radical (unpaired) electrons. The molecule has 0 aromatic heterocycles. The van der Waals surface area contributed by atoms with Crippen LogP contribution in [0, 0.1) is 5.82 Å². The van der Waals surface area contributed by atoms with Gasteiger partial charge >= 0.3 is 0 Å². The predicted molar refractivity (Wildman–Crippen MR) is 59.3 cm³/mol. The topological polar surface area (TPSA) is 55.6 Å². The first-order valence-electron chi connectivity index (χ1n) is 5.21. The number of hydrogen-bond donors (Lipinski definition) is 1. The number of nitrogens with zero attached hydrogens (tertiary/aromatic N) is 1. The Hall–Kier alpha value is -1.85. The zero-order chi connectivity index (χ0) is 12.4. The second-order valence-corrected chi connectivity index (χ2v) is 3.72. The second-order valence-electron chi connectivity index (χ2n) is 3.72. The van der Waals surface area contributed by atoms with Crippen LogP contribution in [0.15, 0.2) is 12.1 Å². The molecule has 1 amide bonds. The monoisotopic (exact) mass is 242 g/mol. The summed E-state index contributed by atoms with van der Waals surface area (Å²) in [5.74, 6) is -0.615. The van der Waals surface area contributed by atoms with Crippen LogP contribution in [0.5, 0.6) is 5.75 Å². The summed E-state index contributed by atoms with van der Waals surface area (Å²) < 4.78 is 30.5. The molecule has 6 heteroatoms. The molecule has 17 heavy (non-hydrogen) atoms. The summed E-state index contributed by atoms with van der Waals surface area (Å²) in [7, 11) is 0. The highest BCUT2D eigenvalue weighted by molar-refractivity contribution is 5.98. The first-order valence-corrected chi connectivity index (χ1v) is 5.21. The molecule has 1 aromatic rings. The lowest BCUT2D eigenvalue weighted by atomic mass is 10.2. The average molecular weight is 242 g/mol. The van der Waals surface area contributed by atoms with Crippen molar-refractivity contribution in [1.29, 1.82) is 0 Å². The Labute approximate surface area is 97.0 Å². The maximum atomic E-state index is 13.2. The summed E-state index contributed by atoms with van der Waals surface area (Å²) >= 11 is 0. The van der Waals surface area contributed by atoms with Crippen LogP contribution in [0.2, 0.25) is 0 Å². The SMILES string of the molecule is Nc1cc2c(cc1F)OCC(=O)N2CCCF. The van der Waals surface area contributed by atoms with Crippen molar-refractivity contribution in [3.8, 4) is 5.75 Å². The van der Waals surface area contributed by atoms with E-state index in [0.717, 1.165) is 6.07 Å². The highest BCUT2D eigenvalue weighted by Gasteiger charge is 2.26. The van der Waals surface area contributed by atoms with Gasteiger partial charge in [0.1, 0.15) is 11.6 Å². The number of carbonyl (C=O) groups is 1. The number of nitrogen functional groups attached to an aromatic ring is 1. The van der Waals surface area contributed by atoms with Crippen LogP contribution in [0.25, 0.3) is 0 Å².